The van der Waals surface area contributed by atoms with E-state index in [4.69, 9.17) is 4.74 Å². The van der Waals surface area contributed by atoms with Crippen LogP contribution in [-0.2, 0) is 6.42 Å². The zero-order valence-electron chi connectivity index (χ0n) is 16.9. The number of carbonyl (C=O) groups excluding carboxylic acids is 1. The summed E-state index contributed by atoms with van der Waals surface area (Å²) in [6.07, 6.45) is 6.50. The highest BCUT2D eigenvalue weighted by atomic mass is 16.5. The van der Waals surface area contributed by atoms with Crippen molar-refractivity contribution in [2.75, 3.05) is 39.8 Å². The molecule has 1 aliphatic rings. The Kier molecular flexibility index (Phi) is 7.37. The molecule has 150 valence electrons. The van der Waals surface area contributed by atoms with Gasteiger partial charge in [-0.15, -0.1) is 0 Å². The number of amides is 1. The summed E-state index contributed by atoms with van der Waals surface area (Å²) in [6, 6.07) is 10.0. The zero-order valence-corrected chi connectivity index (χ0v) is 16.9. The van der Waals surface area contributed by atoms with E-state index < -0.39 is 0 Å². The van der Waals surface area contributed by atoms with E-state index in [2.05, 4.69) is 27.2 Å². The number of hydrogen-bond acceptors (Lipinski definition) is 5. The molecule has 6 heteroatoms. The summed E-state index contributed by atoms with van der Waals surface area (Å²) in [4.78, 5) is 17.2. The molecule has 1 aliphatic heterocycles. The van der Waals surface area contributed by atoms with Crippen LogP contribution < -0.4 is 4.74 Å². The lowest BCUT2D eigenvalue weighted by Gasteiger charge is -2.35. The fraction of sp³-hybridized carbons (Fsp3) is 0.500. The fourth-order valence-electron chi connectivity index (χ4n) is 3.89. The minimum absolute atomic E-state index is 0.0471. The molecule has 1 aromatic heterocycles. The van der Waals surface area contributed by atoms with Gasteiger partial charge in [0.25, 0.3) is 5.91 Å². The minimum atomic E-state index is 0.0471. The Morgan fingerprint density at radius 3 is 2.96 bits per heavy atom. The van der Waals surface area contributed by atoms with Crippen molar-refractivity contribution in [2.45, 2.75) is 26.2 Å². The van der Waals surface area contributed by atoms with Crippen LogP contribution in [0.25, 0.3) is 0 Å². The fourth-order valence-corrected chi connectivity index (χ4v) is 3.89. The standard InChI is InChI=1S/C22H30N4O2/c1-3-26(22(27)20-9-11-23-24-15-20)17-19-7-5-12-25(16-19)13-10-18-6-4-8-21(14-18)28-2/h4,6,8-9,11,14-15,19H,3,5,7,10,12-13,16-17H2,1-2H3/t19-/m1/s1. The summed E-state index contributed by atoms with van der Waals surface area (Å²) in [5, 5.41) is 7.59. The molecule has 0 spiro atoms. The number of benzene rings is 1. The van der Waals surface area contributed by atoms with Gasteiger partial charge in [-0.1, -0.05) is 12.1 Å². The molecule has 2 aromatic rings. The maximum atomic E-state index is 12.7. The second kappa shape index (κ2) is 10.2. The highest BCUT2D eigenvalue weighted by molar-refractivity contribution is 5.93. The van der Waals surface area contributed by atoms with Crippen LogP contribution in [0.5, 0.6) is 5.75 Å². The van der Waals surface area contributed by atoms with E-state index in [0.717, 1.165) is 38.3 Å². The summed E-state index contributed by atoms with van der Waals surface area (Å²) in [7, 11) is 1.71. The minimum Gasteiger partial charge on any atom is -0.497 e. The summed E-state index contributed by atoms with van der Waals surface area (Å²) in [5.74, 6) is 1.47. The van der Waals surface area contributed by atoms with E-state index in [-0.39, 0.29) is 5.91 Å². The zero-order chi connectivity index (χ0) is 19.8. The van der Waals surface area contributed by atoms with E-state index in [0.29, 0.717) is 18.0 Å². The molecular weight excluding hydrogens is 352 g/mol. The maximum Gasteiger partial charge on any atom is 0.255 e. The Morgan fingerprint density at radius 2 is 2.21 bits per heavy atom. The molecule has 1 amide bonds. The quantitative estimate of drug-likeness (QED) is 0.703. The van der Waals surface area contributed by atoms with Gasteiger partial charge in [0.2, 0.25) is 0 Å². The number of likely N-dealkylation sites (tertiary alicyclic amines) is 1. The van der Waals surface area contributed by atoms with Crippen molar-refractivity contribution in [2.24, 2.45) is 5.92 Å². The molecule has 6 nitrogen and oxygen atoms in total. The molecule has 0 saturated carbocycles. The first-order valence-corrected chi connectivity index (χ1v) is 10.1. The van der Waals surface area contributed by atoms with Gasteiger partial charge in [-0.3, -0.25) is 4.79 Å². The first kappa shape index (κ1) is 20.3. The average molecular weight is 383 g/mol. The molecular formula is C22H30N4O2. The topological polar surface area (TPSA) is 58.6 Å². The molecule has 1 fully saturated rings. The van der Waals surface area contributed by atoms with Crippen molar-refractivity contribution in [3.05, 3.63) is 53.9 Å². The van der Waals surface area contributed by atoms with Crippen LogP contribution >= 0.6 is 0 Å². The van der Waals surface area contributed by atoms with Crippen LogP contribution in [0.1, 0.15) is 35.7 Å². The number of piperidine rings is 1. The monoisotopic (exact) mass is 382 g/mol. The molecule has 0 bridgehead atoms. The molecule has 1 atom stereocenters. The third-order valence-electron chi connectivity index (χ3n) is 5.43. The first-order chi connectivity index (χ1) is 13.7. The van der Waals surface area contributed by atoms with Crippen molar-refractivity contribution in [3.8, 4) is 5.75 Å². The second-order valence-corrected chi connectivity index (χ2v) is 7.39. The molecule has 0 N–H and O–H groups in total. The lowest BCUT2D eigenvalue weighted by molar-refractivity contribution is 0.0690. The summed E-state index contributed by atoms with van der Waals surface area (Å²) in [6.45, 7) is 6.76. The number of aromatic nitrogens is 2. The molecule has 0 unspecified atom stereocenters. The SMILES string of the molecule is CCN(C[C@@H]1CCCN(CCc2cccc(OC)c2)C1)C(=O)c1ccnnc1. The predicted molar refractivity (Wildman–Crippen MR) is 109 cm³/mol. The Morgan fingerprint density at radius 1 is 1.32 bits per heavy atom. The number of carbonyl (C=O) groups is 1. The van der Waals surface area contributed by atoms with Crippen LogP contribution in [0.15, 0.2) is 42.7 Å². The normalized spacial score (nSPS) is 17.3. The Balaban J connectivity index is 1.52. The summed E-state index contributed by atoms with van der Waals surface area (Å²) < 4.78 is 5.32. The van der Waals surface area contributed by atoms with E-state index in [9.17, 15) is 4.79 Å². The smallest absolute Gasteiger partial charge is 0.255 e. The number of rotatable bonds is 8. The number of nitrogens with zero attached hydrogens (tertiary/aromatic N) is 4. The first-order valence-electron chi connectivity index (χ1n) is 10.1. The third kappa shape index (κ3) is 5.52. The van der Waals surface area contributed by atoms with Crippen LogP contribution in [0.4, 0.5) is 0 Å². The van der Waals surface area contributed by atoms with Gasteiger partial charge in [0.05, 0.1) is 25.1 Å². The van der Waals surface area contributed by atoms with E-state index in [1.165, 1.54) is 18.4 Å². The van der Waals surface area contributed by atoms with Gasteiger partial charge in [0.1, 0.15) is 5.75 Å². The van der Waals surface area contributed by atoms with Crippen molar-refractivity contribution in [1.29, 1.82) is 0 Å². The molecule has 2 heterocycles. The largest absolute Gasteiger partial charge is 0.497 e. The Bertz CT molecular complexity index is 753. The van der Waals surface area contributed by atoms with Gasteiger partial charge in [0, 0.05) is 26.2 Å². The predicted octanol–water partition coefficient (Wildman–Crippen LogP) is 2.90. The highest BCUT2D eigenvalue weighted by Gasteiger charge is 2.24. The molecule has 3 rings (SSSR count). The van der Waals surface area contributed by atoms with E-state index >= 15 is 0 Å². The Hall–Kier alpha value is -2.47. The van der Waals surface area contributed by atoms with E-state index in [1.807, 2.05) is 24.0 Å². The van der Waals surface area contributed by atoms with Crippen LogP contribution in [0.3, 0.4) is 0 Å². The molecule has 1 saturated heterocycles. The highest BCUT2D eigenvalue weighted by Crippen LogP contribution is 2.20. The molecule has 0 aliphatic carbocycles. The van der Waals surface area contributed by atoms with Gasteiger partial charge in [0.15, 0.2) is 0 Å². The molecule has 1 aromatic carbocycles. The lowest BCUT2D eigenvalue weighted by Crippen LogP contribution is -2.43. The van der Waals surface area contributed by atoms with Gasteiger partial charge in [-0.25, -0.2) is 0 Å². The molecule has 0 radical (unpaired) electrons. The van der Waals surface area contributed by atoms with Crippen molar-refractivity contribution < 1.29 is 9.53 Å². The van der Waals surface area contributed by atoms with E-state index in [1.54, 1.807) is 25.6 Å². The third-order valence-corrected chi connectivity index (χ3v) is 5.43. The number of methoxy groups -OCH3 is 1. The summed E-state index contributed by atoms with van der Waals surface area (Å²) in [5.41, 5.74) is 1.92. The Labute approximate surface area is 167 Å². The van der Waals surface area contributed by atoms with Crippen molar-refractivity contribution in [1.82, 2.24) is 20.0 Å². The van der Waals surface area contributed by atoms with Crippen LogP contribution in [-0.4, -0.2) is 65.7 Å². The van der Waals surface area contributed by atoms with Crippen molar-refractivity contribution in [3.63, 3.8) is 0 Å². The van der Waals surface area contributed by atoms with Crippen LogP contribution in [0, 0.1) is 5.92 Å². The van der Waals surface area contributed by atoms with Crippen molar-refractivity contribution >= 4 is 5.91 Å². The van der Waals surface area contributed by atoms with Gasteiger partial charge >= 0.3 is 0 Å². The number of ether oxygens (including phenoxy) is 1. The second-order valence-electron chi connectivity index (χ2n) is 7.39. The summed E-state index contributed by atoms with van der Waals surface area (Å²) >= 11 is 0. The maximum absolute atomic E-state index is 12.7. The number of hydrogen-bond donors (Lipinski definition) is 0. The van der Waals surface area contributed by atoms with Gasteiger partial charge in [-0.05, 0) is 62.4 Å². The average Bonchev–Trinajstić information content (AvgIpc) is 2.76. The van der Waals surface area contributed by atoms with Gasteiger partial charge in [-0.2, -0.15) is 10.2 Å². The van der Waals surface area contributed by atoms with Crippen LogP contribution in [0.2, 0.25) is 0 Å². The van der Waals surface area contributed by atoms with Gasteiger partial charge < -0.3 is 14.5 Å². The lowest BCUT2D eigenvalue weighted by atomic mass is 9.96. The molecule has 28 heavy (non-hydrogen) atoms.